The standard InChI is InChI=1S/C16H17FN2O2/c1-2-19(13-6-4-3-5-11(13)17)14-10-16-15(9-12(14)18)20-7-8-21-16/h3-6,9-10H,2,7-8,18H2,1H3. The number of anilines is 3. The minimum absolute atomic E-state index is 0.284. The lowest BCUT2D eigenvalue weighted by Gasteiger charge is -2.27. The molecular weight excluding hydrogens is 271 g/mol. The molecule has 0 unspecified atom stereocenters. The van der Waals surface area contributed by atoms with E-state index >= 15 is 0 Å². The molecule has 5 heteroatoms. The van der Waals surface area contributed by atoms with E-state index in [1.165, 1.54) is 6.07 Å². The maximum atomic E-state index is 14.0. The summed E-state index contributed by atoms with van der Waals surface area (Å²) in [6.07, 6.45) is 0. The largest absolute Gasteiger partial charge is 0.486 e. The first-order chi connectivity index (χ1) is 10.2. The van der Waals surface area contributed by atoms with Gasteiger partial charge < -0.3 is 20.1 Å². The van der Waals surface area contributed by atoms with E-state index < -0.39 is 0 Å². The van der Waals surface area contributed by atoms with Crippen molar-refractivity contribution < 1.29 is 13.9 Å². The fourth-order valence-electron chi connectivity index (χ4n) is 2.47. The molecule has 2 N–H and O–H groups in total. The van der Waals surface area contributed by atoms with Crippen LogP contribution in [0.5, 0.6) is 11.5 Å². The van der Waals surface area contributed by atoms with Crippen molar-refractivity contribution in [3.8, 4) is 11.5 Å². The van der Waals surface area contributed by atoms with Crippen LogP contribution < -0.4 is 20.1 Å². The summed E-state index contributed by atoms with van der Waals surface area (Å²) in [7, 11) is 0. The van der Waals surface area contributed by atoms with Crippen molar-refractivity contribution in [2.45, 2.75) is 6.92 Å². The maximum absolute atomic E-state index is 14.0. The zero-order chi connectivity index (χ0) is 14.8. The summed E-state index contributed by atoms with van der Waals surface area (Å²) in [6, 6.07) is 10.2. The number of fused-ring (bicyclic) bond motifs is 1. The van der Waals surface area contributed by atoms with Crippen LogP contribution >= 0.6 is 0 Å². The van der Waals surface area contributed by atoms with Crippen LogP contribution in [0.3, 0.4) is 0 Å². The van der Waals surface area contributed by atoms with Crippen LogP contribution in [-0.4, -0.2) is 19.8 Å². The molecule has 3 rings (SSSR count). The number of para-hydroxylation sites is 1. The molecule has 0 bridgehead atoms. The van der Waals surface area contributed by atoms with Crippen molar-refractivity contribution in [1.29, 1.82) is 0 Å². The molecule has 0 radical (unpaired) electrons. The molecule has 0 saturated heterocycles. The Labute approximate surface area is 122 Å². The first kappa shape index (κ1) is 13.5. The molecule has 1 aliphatic rings. The predicted octanol–water partition coefficient (Wildman–Crippen LogP) is 3.34. The molecule has 0 fully saturated rings. The van der Waals surface area contributed by atoms with Crippen molar-refractivity contribution >= 4 is 17.1 Å². The average Bonchev–Trinajstić information content (AvgIpc) is 2.50. The van der Waals surface area contributed by atoms with Gasteiger partial charge >= 0.3 is 0 Å². The molecule has 4 nitrogen and oxygen atoms in total. The third-order valence-corrected chi connectivity index (χ3v) is 3.44. The van der Waals surface area contributed by atoms with Crippen molar-refractivity contribution in [3.63, 3.8) is 0 Å². The fraction of sp³-hybridized carbons (Fsp3) is 0.250. The molecule has 21 heavy (non-hydrogen) atoms. The number of nitrogen functional groups attached to an aromatic ring is 1. The highest BCUT2D eigenvalue weighted by molar-refractivity contribution is 5.78. The highest BCUT2D eigenvalue weighted by atomic mass is 19.1. The second kappa shape index (κ2) is 5.52. The highest BCUT2D eigenvalue weighted by Gasteiger charge is 2.19. The molecule has 1 heterocycles. The van der Waals surface area contributed by atoms with E-state index in [9.17, 15) is 4.39 Å². The van der Waals surface area contributed by atoms with Crippen LogP contribution in [0.25, 0.3) is 0 Å². The normalized spacial score (nSPS) is 13.0. The van der Waals surface area contributed by atoms with E-state index in [-0.39, 0.29) is 5.82 Å². The van der Waals surface area contributed by atoms with E-state index in [1.807, 2.05) is 11.8 Å². The molecule has 1 aliphatic heterocycles. The van der Waals surface area contributed by atoms with Gasteiger partial charge in [-0.1, -0.05) is 12.1 Å². The number of rotatable bonds is 3. The second-order valence-electron chi connectivity index (χ2n) is 4.75. The maximum Gasteiger partial charge on any atom is 0.163 e. The number of hydrogen-bond acceptors (Lipinski definition) is 4. The first-order valence-electron chi connectivity index (χ1n) is 6.92. The SMILES string of the molecule is CCN(c1cc2c(cc1N)OCCO2)c1ccccc1F. The van der Waals surface area contributed by atoms with E-state index in [1.54, 1.807) is 30.3 Å². The number of nitrogens with zero attached hydrogens (tertiary/aromatic N) is 1. The summed E-state index contributed by atoms with van der Waals surface area (Å²) in [6.45, 7) is 3.55. The molecule has 0 aliphatic carbocycles. The third-order valence-electron chi connectivity index (χ3n) is 3.44. The topological polar surface area (TPSA) is 47.7 Å². The Kier molecular flexibility index (Phi) is 3.56. The van der Waals surface area contributed by atoms with Crippen molar-refractivity contribution in [3.05, 3.63) is 42.2 Å². The minimum Gasteiger partial charge on any atom is -0.486 e. The van der Waals surface area contributed by atoms with Gasteiger partial charge in [0.2, 0.25) is 0 Å². The lowest BCUT2D eigenvalue weighted by atomic mass is 10.2. The molecule has 0 saturated carbocycles. The molecule has 2 aromatic rings. The third kappa shape index (κ3) is 2.46. The molecule has 0 atom stereocenters. The van der Waals surface area contributed by atoms with Gasteiger partial charge in [0, 0.05) is 18.7 Å². The zero-order valence-electron chi connectivity index (χ0n) is 11.8. The number of hydrogen-bond donors (Lipinski definition) is 1. The van der Waals surface area contributed by atoms with Gasteiger partial charge in [0.15, 0.2) is 11.5 Å². The van der Waals surface area contributed by atoms with E-state index in [2.05, 4.69) is 0 Å². The van der Waals surface area contributed by atoms with E-state index in [0.717, 1.165) is 0 Å². The van der Waals surface area contributed by atoms with Crippen LogP contribution in [0.4, 0.5) is 21.5 Å². The Hall–Kier alpha value is -2.43. The highest BCUT2D eigenvalue weighted by Crippen LogP contribution is 2.41. The van der Waals surface area contributed by atoms with Gasteiger partial charge in [-0.05, 0) is 19.1 Å². The Morgan fingerprint density at radius 2 is 1.76 bits per heavy atom. The van der Waals surface area contributed by atoms with Gasteiger partial charge in [0.25, 0.3) is 0 Å². The van der Waals surface area contributed by atoms with Crippen LogP contribution in [-0.2, 0) is 0 Å². The van der Waals surface area contributed by atoms with Gasteiger partial charge in [-0.25, -0.2) is 4.39 Å². The second-order valence-corrected chi connectivity index (χ2v) is 4.75. The first-order valence-corrected chi connectivity index (χ1v) is 6.92. The molecule has 0 spiro atoms. The zero-order valence-corrected chi connectivity index (χ0v) is 11.8. The molecule has 0 amide bonds. The monoisotopic (exact) mass is 288 g/mol. The Bertz CT molecular complexity index is 661. The number of halogens is 1. The lowest BCUT2D eigenvalue weighted by Crippen LogP contribution is -2.20. The van der Waals surface area contributed by atoms with Crippen LogP contribution in [0.15, 0.2) is 36.4 Å². The van der Waals surface area contributed by atoms with Gasteiger partial charge in [-0.2, -0.15) is 0 Å². The smallest absolute Gasteiger partial charge is 0.163 e. The predicted molar refractivity (Wildman–Crippen MR) is 80.9 cm³/mol. The molecular formula is C16H17FN2O2. The fourth-order valence-corrected chi connectivity index (χ4v) is 2.47. The number of benzene rings is 2. The summed E-state index contributed by atoms with van der Waals surface area (Å²) >= 11 is 0. The van der Waals surface area contributed by atoms with Crippen molar-refractivity contribution in [2.24, 2.45) is 0 Å². The average molecular weight is 288 g/mol. The molecule has 0 aromatic heterocycles. The van der Waals surface area contributed by atoms with E-state index in [0.29, 0.717) is 48.3 Å². The van der Waals surface area contributed by atoms with Gasteiger partial charge in [0.1, 0.15) is 19.0 Å². The quantitative estimate of drug-likeness (QED) is 0.880. The summed E-state index contributed by atoms with van der Waals surface area (Å²) in [4.78, 5) is 1.82. The van der Waals surface area contributed by atoms with Gasteiger partial charge in [-0.3, -0.25) is 0 Å². The summed E-state index contributed by atoms with van der Waals surface area (Å²) < 4.78 is 25.1. The summed E-state index contributed by atoms with van der Waals surface area (Å²) in [5, 5.41) is 0. The van der Waals surface area contributed by atoms with Crippen LogP contribution in [0, 0.1) is 5.82 Å². The number of ether oxygens (including phenoxy) is 2. The Balaban J connectivity index is 2.07. The molecule has 2 aromatic carbocycles. The van der Waals surface area contributed by atoms with E-state index in [4.69, 9.17) is 15.2 Å². The van der Waals surface area contributed by atoms with Crippen molar-refractivity contribution in [2.75, 3.05) is 30.4 Å². The van der Waals surface area contributed by atoms with Crippen molar-refractivity contribution in [1.82, 2.24) is 0 Å². The lowest BCUT2D eigenvalue weighted by molar-refractivity contribution is 0.172. The Morgan fingerprint density at radius 3 is 2.43 bits per heavy atom. The molecule has 110 valence electrons. The Morgan fingerprint density at radius 1 is 1.10 bits per heavy atom. The van der Waals surface area contributed by atoms with Crippen LogP contribution in [0.1, 0.15) is 6.92 Å². The summed E-state index contributed by atoms with van der Waals surface area (Å²) in [5.74, 6) is 0.987. The van der Waals surface area contributed by atoms with Gasteiger partial charge in [0.05, 0.1) is 17.1 Å². The van der Waals surface area contributed by atoms with Crippen LogP contribution in [0.2, 0.25) is 0 Å². The number of nitrogens with two attached hydrogens (primary N) is 1. The van der Waals surface area contributed by atoms with Gasteiger partial charge in [-0.15, -0.1) is 0 Å². The minimum atomic E-state index is -0.284. The summed E-state index contributed by atoms with van der Waals surface area (Å²) in [5.41, 5.74) is 7.84.